The number of rotatable bonds is 5. The molecule has 0 aromatic rings. The van der Waals surface area contributed by atoms with Crippen molar-refractivity contribution in [3.05, 3.63) is 0 Å². The number of hydrogen-bond acceptors (Lipinski definition) is 3. The number of nitrogens with one attached hydrogen (secondary N) is 1. The fourth-order valence-electron chi connectivity index (χ4n) is 1.86. The molecule has 1 saturated heterocycles. The minimum Gasteiger partial charge on any atom is -0.378 e. The van der Waals surface area contributed by atoms with Gasteiger partial charge in [-0.15, -0.1) is 0 Å². The normalized spacial score (nSPS) is 18.1. The van der Waals surface area contributed by atoms with Gasteiger partial charge in [-0.2, -0.15) is 0 Å². The Balaban J connectivity index is 2.20. The molecule has 4 nitrogen and oxygen atoms in total. The highest BCUT2D eigenvalue weighted by atomic mass is 16.5. The van der Waals surface area contributed by atoms with Crippen LogP contribution in [0.5, 0.6) is 0 Å². The molecule has 1 amide bonds. The number of likely N-dealkylation sites (tertiary alicyclic amines) is 1. The maximum absolute atomic E-state index is 11.6. The zero-order valence-corrected chi connectivity index (χ0v) is 10.7. The molecule has 0 bridgehead atoms. The number of nitrogens with zero attached hydrogens (tertiary/aromatic N) is 1. The molecule has 94 valence electrons. The van der Waals surface area contributed by atoms with Crippen molar-refractivity contribution in [2.45, 2.75) is 32.8 Å². The summed E-state index contributed by atoms with van der Waals surface area (Å²) in [6, 6.07) is 0. The maximum atomic E-state index is 11.6. The Morgan fingerprint density at radius 3 is 2.56 bits per heavy atom. The molecular weight excluding hydrogens is 204 g/mol. The smallest absolute Gasteiger partial charge is 0.236 e. The van der Waals surface area contributed by atoms with Crippen LogP contribution in [0.1, 0.15) is 26.7 Å². The van der Waals surface area contributed by atoms with E-state index in [1.165, 1.54) is 0 Å². The third-order valence-electron chi connectivity index (χ3n) is 2.79. The van der Waals surface area contributed by atoms with Crippen LogP contribution in [0.3, 0.4) is 0 Å². The first-order valence-corrected chi connectivity index (χ1v) is 6.17. The number of amides is 1. The second-order valence-electron chi connectivity index (χ2n) is 4.84. The summed E-state index contributed by atoms with van der Waals surface area (Å²) >= 11 is 0. The maximum Gasteiger partial charge on any atom is 0.236 e. The third-order valence-corrected chi connectivity index (χ3v) is 2.79. The number of carbonyl (C=O) groups excluding carboxylic acids is 1. The van der Waals surface area contributed by atoms with Gasteiger partial charge in [0.1, 0.15) is 0 Å². The van der Waals surface area contributed by atoms with E-state index in [9.17, 15) is 4.79 Å². The Kier molecular flexibility index (Phi) is 5.77. The summed E-state index contributed by atoms with van der Waals surface area (Å²) in [7, 11) is 1.80. The molecule has 1 fully saturated rings. The average Bonchev–Trinajstić information content (AvgIpc) is 2.27. The highest BCUT2D eigenvalue weighted by Gasteiger charge is 2.22. The molecule has 0 atom stereocenters. The minimum atomic E-state index is 0.199. The molecule has 1 rings (SSSR count). The Morgan fingerprint density at radius 1 is 1.44 bits per heavy atom. The van der Waals surface area contributed by atoms with Gasteiger partial charge in [0, 0.05) is 19.7 Å². The predicted octanol–water partition coefficient (Wildman–Crippen LogP) is 0.869. The summed E-state index contributed by atoms with van der Waals surface area (Å²) in [6.07, 6.45) is 2.30. The van der Waals surface area contributed by atoms with Crippen LogP contribution in [0.4, 0.5) is 0 Å². The Labute approximate surface area is 98.3 Å². The van der Waals surface area contributed by atoms with Gasteiger partial charge >= 0.3 is 0 Å². The fourth-order valence-corrected chi connectivity index (χ4v) is 1.86. The molecule has 1 heterocycles. The van der Waals surface area contributed by atoms with Crippen LogP contribution in [0.25, 0.3) is 0 Å². The van der Waals surface area contributed by atoms with Crippen molar-refractivity contribution in [3.63, 3.8) is 0 Å². The summed E-state index contributed by atoms with van der Waals surface area (Å²) in [5, 5.41) is 2.89. The lowest BCUT2D eigenvalue weighted by Crippen LogP contribution is -2.44. The van der Waals surface area contributed by atoms with Gasteiger partial charge in [0.05, 0.1) is 12.6 Å². The molecule has 16 heavy (non-hydrogen) atoms. The quantitative estimate of drug-likeness (QED) is 0.759. The molecule has 0 aromatic carbocycles. The minimum absolute atomic E-state index is 0.199. The molecule has 0 saturated carbocycles. The number of piperidine rings is 1. The van der Waals surface area contributed by atoms with Crippen LogP contribution in [-0.4, -0.2) is 50.2 Å². The van der Waals surface area contributed by atoms with Crippen molar-refractivity contribution in [1.82, 2.24) is 10.2 Å². The van der Waals surface area contributed by atoms with E-state index in [2.05, 4.69) is 19.2 Å². The first-order valence-electron chi connectivity index (χ1n) is 6.17. The van der Waals surface area contributed by atoms with E-state index in [0.29, 0.717) is 18.6 Å². The zero-order chi connectivity index (χ0) is 12.0. The van der Waals surface area contributed by atoms with Gasteiger partial charge in [-0.1, -0.05) is 13.8 Å². The molecule has 0 unspecified atom stereocenters. The summed E-state index contributed by atoms with van der Waals surface area (Å²) < 4.78 is 5.78. The highest BCUT2D eigenvalue weighted by molar-refractivity contribution is 5.78. The molecule has 0 spiro atoms. The topological polar surface area (TPSA) is 41.6 Å². The lowest BCUT2D eigenvalue weighted by Gasteiger charge is -2.32. The largest absolute Gasteiger partial charge is 0.378 e. The van der Waals surface area contributed by atoms with E-state index in [1.807, 2.05) is 4.90 Å². The molecular formula is C12H24N2O2. The van der Waals surface area contributed by atoms with E-state index in [0.717, 1.165) is 32.5 Å². The molecule has 1 N–H and O–H groups in total. The Morgan fingerprint density at radius 2 is 2.06 bits per heavy atom. The van der Waals surface area contributed by atoms with E-state index >= 15 is 0 Å². The Bertz CT molecular complexity index is 211. The van der Waals surface area contributed by atoms with Gasteiger partial charge in [-0.05, 0) is 25.8 Å². The SMILES string of the molecule is CNCC(=O)N1CCC(OCC(C)C)CC1. The van der Waals surface area contributed by atoms with Crippen LogP contribution in [0.2, 0.25) is 0 Å². The van der Waals surface area contributed by atoms with Crippen molar-refractivity contribution in [2.75, 3.05) is 33.3 Å². The van der Waals surface area contributed by atoms with Crippen molar-refractivity contribution >= 4 is 5.91 Å². The molecule has 0 aromatic heterocycles. The van der Waals surface area contributed by atoms with E-state index in [-0.39, 0.29) is 5.91 Å². The molecule has 4 heteroatoms. The second kappa shape index (κ2) is 6.86. The zero-order valence-electron chi connectivity index (χ0n) is 10.7. The number of carbonyl (C=O) groups is 1. The molecule has 1 aliphatic rings. The number of ether oxygens (including phenoxy) is 1. The van der Waals surface area contributed by atoms with Gasteiger partial charge in [0.25, 0.3) is 0 Å². The van der Waals surface area contributed by atoms with Gasteiger partial charge in [0.15, 0.2) is 0 Å². The van der Waals surface area contributed by atoms with E-state index < -0.39 is 0 Å². The standard InChI is InChI=1S/C12H24N2O2/c1-10(2)9-16-11-4-6-14(7-5-11)12(15)8-13-3/h10-11,13H,4-9H2,1-3H3. The fraction of sp³-hybridized carbons (Fsp3) is 0.917. The third kappa shape index (κ3) is 4.49. The summed E-state index contributed by atoms with van der Waals surface area (Å²) in [5.41, 5.74) is 0. The molecule has 1 aliphatic heterocycles. The van der Waals surface area contributed by atoms with Crippen LogP contribution < -0.4 is 5.32 Å². The van der Waals surface area contributed by atoms with Gasteiger partial charge in [-0.25, -0.2) is 0 Å². The van der Waals surface area contributed by atoms with E-state index in [4.69, 9.17) is 4.74 Å². The van der Waals surface area contributed by atoms with Gasteiger partial charge in [-0.3, -0.25) is 4.79 Å². The van der Waals surface area contributed by atoms with Gasteiger partial charge in [0.2, 0.25) is 5.91 Å². The van der Waals surface area contributed by atoms with Crippen molar-refractivity contribution in [2.24, 2.45) is 5.92 Å². The molecule has 0 aliphatic carbocycles. The van der Waals surface area contributed by atoms with Gasteiger partial charge < -0.3 is 15.0 Å². The Hall–Kier alpha value is -0.610. The first kappa shape index (κ1) is 13.5. The molecule has 0 radical (unpaired) electrons. The lowest BCUT2D eigenvalue weighted by molar-refractivity contribution is -0.132. The van der Waals surface area contributed by atoms with Crippen LogP contribution in [0, 0.1) is 5.92 Å². The van der Waals surface area contributed by atoms with E-state index in [1.54, 1.807) is 7.05 Å². The summed E-state index contributed by atoms with van der Waals surface area (Å²) in [5.74, 6) is 0.786. The highest BCUT2D eigenvalue weighted by Crippen LogP contribution is 2.14. The lowest BCUT2D eigenvalue weighted by atomic mass is 10.1. The summed E-state index contributed by atoms with van der Waals surface area (Å²) in [6.45, 7) is 7.26. The predicted molar refractivity (Wildman–Crippen MR) is 64.3 cm³/mol. The van der Waals surface area contributed by atoms with Crippen LogP contribution in [0.15, 0.2) is 0 Å². The first-order chi connectivity index (χ1) is 7.63. The van der Waals surface area contributed by atoms with Crippen molar-refractivity contribution in [3.8, 4) is 0 Å². The summed E-state index contributed by atoms with van der Waals surface area (Å²) in [4.78, 5) is 13.5. The number of hydrogen-bond donors (Lipinski definition) is 1. The number of likely N-dealkylation sites (N-methyl/N-ethyl adjacent to an activating group) is 1. The van der Waals surface area contributed by atoms with Crippen molar-refractivity contribution in [1.29, 1.82) is 0 Å². The second-order valence-corrected chi connectivity index (χ2v) is 4.84. The average molecular weight is 228 g/mol. The van der Waals surface area contributed by atoms with Crippen molar-refractivity contribution < 1.29 is 9.53 Å². The van der Waals surface area contributed by atoms with Crippen LogP contribution >= 0.6 is 0 Å². The monoisotopic (exact) mass is 228 g/mol. The van der Waals surface area contributed by atoms with Crippen LogP contribution in [-0.2, 0) is 9.53 Å².